The van der Waals surface area contributed by atoms with Crippen molar-refractivity contribution in [2.45, 2.75) is 33.2 Å². The fourth-order valence-electron chi connectivity index (χ4n) is 2.06. The van der Waals surface area contributed by atoms with E-state index in [-0.39, 0.29) is 17.9 Å². The average molecular weight is 331 g/mol. The lowest BCUT2D eigenvalue weighted by atomic mass is 10.3. The fourth-order valence-corrected chi connectivity index (χ4v) is 2.06. The molecule has 128 valence electrons. The number of nitrogens with one attached hydrogen (secondary N) is 2. The molecule has 0 atom stereocenters. The van der Waals surface area contributed by atoms with Crippen molar-refractivity contribution in [2.75, 3.05) is 16.8 Å². The quantitative estimate of drug-likeness (QED) is 0.847. The molecule has 2 aromatic rings. The molecule has 2 amide bonds. The number of rotatable bonds is 6. The highest BCUT2D eigenvalue weighted by molar-refractivity contribution is 5.98. The Hall–Kier alpha value is -2.70. The van der Waals surface area contributed by atoms with E-state index in [0.29, 0.717) is 24.0 Å². The number of urea groups is 1. The van der Waals surface area contributed by atoms with Gasteiger partial charge in [-0.05, 0) is 44.5 Å². The number of benzene rings is 1. The molecular weight excluding hydrogens is 309 g/mol. The summed E-state index contributed by atoms with van der Waals surface area (Å²) < 4.78 is 13.2. The monoisotopic (exact) mass is 331 g/mol. The van der Waals surface area contributed by atoms with Crippen LogP contribution in [0.5, 0.6) is 0 Å². The third-order valence-electron chi connectivity index (χ3n) is 3.10. The molecule has 24 heavy (non-hydrogen) atoms. The van der Waals surface area contributed by atoms with Gasteiger partial charge in [0.2, 0.25) is 5.95 Å². The van der Waals surface area contributed by atoms with E-state index >= 15 is 0 Å². The van der Waals surface area contributed by atoms with Gasteiger partial charge >= 0.3 is 6.03 Å². The van der Waals surface area contributed by atoms with Gasteiger partial charge in [0.15, 0.2) is 0 Å². The van der Waals surface area contributed by atoms with Gasteiger partial charge in [0.1, 0.15) is 11.6 Å². The number of carbonyl (C=O) groups excluding carboxylic acids is 1. The van der Waals surface area contributed by atoms with Crippen LogP contribution >= 0.6 is 0 Å². The highest BCUT2D eigenvalue weighted by atomic mass is 19.1. The Kier molecular flexibility index (Phi) is 6.06. The van der Waals surface area contributed by atoms with Crippen molar-refractivity contribution in [3.05, 3.63) is 42.3 Å². The standard InChI is InChI=1S/C17H22FN5O/c1-4-10-20-17(24)23(14-7-5-13(18)6-8-14)15-9-11-19-16(22-15)21-12(2)3/h5-9,11-12H,4,10H2,1-3H3,(H,20,24)(H,19,21,22). The van der Waals surface area contributed by atoms with Crippen LogP contribution in [0.4, 0.5) is 26.6 Å². The van der Waals surface area contributed by atoms with Gasteiger partial charge < -0.3 is 10.6 Å². The SMILES string of the molecule is CCCNC(=O)N(c1ccc(F)cc1)c1ccnc(NC(C)C)n1. The van der Waals surface area contributed by atoms with Crippen LogP contribution in [0.3, 0.4) is 0 Å². The minimum absolute atomic E-state index is 0.161. The lowest BCUT2D eigenvalue weighted by Gasteiger charge is -2.22. The van der Waals surface area contributed by atoms with Crippen LogP contribution in [-0.4, -0.2) is 28.6 Å². The maximum absolute atomic E-state index is 13.2. The molecule has 0 saturated carbocycles. The summed E-state index contributed by atoms with van der Waals surface area (Å²) in [5.41, 5.74) is 0.527. The lowest BCUT2D eigenvalue weighted by Crippen LogP contribution is -2.37. The van der Waals surface area contributed by atoms with Gasteiger partial charge in [-0.2, -0.15) is 4.98 Å². The van der Waals surface area contributed by atoms with Crippen molar-refractivity contribution in [3.63, 3.8) is 0 Å². The number of aromatic nitrogens is 2. The Labute approximate surface area is 141 Å². The van der Waals surface area contributed by atoms with Gasteiger partial charge in [-0.25, -0.2) is 19.1 Å². The van der Waals surface area contributed by atoms with E-state index in [1.54, 1.807) is 24.4 Å². The topological polar surface area (TPSA) is 70.2 Å². The molecule has 0 fully saturated rings. The first-order valence-electron chi connectivity index (χ1n) is 7.94. The second-order valence-corrected chi connectivity index (χ2v) is 5.58. The largest absolute Gasteiger partial charge is 0.352 e. The van der Waals surface area contributed by atoms with Gasteiger partial charge in [0.25, 0.3) is 0 Å². The summed E-state index contributed by atoms with van der Waals surface area (Å²) in [6.45, 7) is 6.46. The molecule has 0 aliphatic carbocycles. The number of hydrogen-bond acceptors (Lipinski definition) is 4. The van der Waals surface area contributed by atoms with Crippen LogP contribution in [0.2, 0.25) is 0 Å². The van der Waals surface area contributed by atoms with E-state index in [0.717, 1.165) is 6.42 Å². The zero-order chi connectivity index (χ0) is 17.5. The van der Waals surface area contributed by atoms with Gasteiger partial charge in [-0.15, -0.1) is 0 Å². The van der Waals surface area contributed by atoms with E-state index in [1.165, 1.54) is 17.0 Å². The molecule has 0 aliphatic heterocycles. The Bertz CT molecular complexity index is 675. The van der Waals surface area contributed by atoms with Crippen LogP contribution in [0.25, 0.3) is 0 Å². The van der Waals surface area contributed by atoms with Gasteiger partial charge in [-0.3, -0.25) is 0 Å². The molecular formula is C17H22FN5O. The second-order valence-electron chi connectivity index (χ2n) is 5.58. The van der Waals surface area contributed by atoms with E-state index in [4.69, 9.17) is 0 Å². The summed E-state index contributed by atoms with van der Waals surface area (Å²) in [6, 6.07) is 7.18. The average Bonchev–Trinajstić information content (AvgIpc) is 2.55. The number of nitrogens with zero attached hydrogens (tertiary/aromatic N) is 3. The normalized spacial score (nSPS) is 10.5. The Balaban J connectivity index is 2.38. The molecule has 2 N–H and O–H groups in total. The van der Waals surface area contributed by atoms with Gasteiger partial charge in [0, 0.05) is 24.8 Å². The minimum atomic E-state index is -0.363. The van der Waals surface area contributed by atoms with Crippen molar-refractivity contribution in [1.82, 2.24) is 15.3 Å². The zero-order valence-corrected chi connectivity index (χ0v) is 14.1. The Morgan fingerprint density at radius 1 is 1.25 bits per heavy atom. The molecule has 1 heterocycles. The molecule has 0 aliphatic rings. The van der Waals surface area contributed by atoms with Crippen molar-refractivity contribution >= 4 is 23.5 Å². The van der Waals surface area contributed by atoms with E-state index in [2.05, 4.69) is 20.6 Å². The van der Waals surface area contributed by atoms with Crippen molar-refractivity contribution < 1.29 is 9.18 Å². The van der Waals surface area contributed by atoms with Crippen molar-refractivity contribution in [2.24, 2.45) is 0 Å². The van der Waals surface area contributed by atoms with E-state index in [9.17, 15) is 9.18 Å². The zero-order valence-electron chi connectivity index (χ0n) is 14.1. The van der Waals surface area contributed by atoms with Crippen LogP contribution in [0, 0.1) is 5.82 Å². The van der Waals surface area contributed by atoms with Crippen LogP contribution in [-0.2, 0) is 0 Å². The second kappa shape index (κ2) is 8.24. The Morgan fingerprint density at radius 2 is 1.96 bits per heavy atom. The summed E-state index contributed by atoms with van der Waals surface area (Å²) >= 11 is 0. The lowest BCUT2D eigenvalue weighted by molar-refractivity contribution is 0.248. The Morgan fingerprint density at radius 3 is 2.58 bits per heavy atom. The number of anilines is 3. The first kappa shape index (κ1) is 17.7. The van der Waals surface area contributed by atoms with Gasteiger partial charge in [0.05, 0.1) is 5.69 Å². The molecule has 1 aromatic heterocycles. The molecule has 2 rings (SSSR count). The molecule has 6 nitrogen and oxygen atoms in total. The molecule has 0 unspecified atom stereocenters. The number of halogens is 1. The van der Waals surface area contributed by atoms with Crippen molar-refractivity contribution in [3.8, 4) is 0 Å². The number of carbonyl (C=O) groups is 1. The molecule has 0 spiro atoms. The maximum Gasteiger partial charge on any atom is 0.327 e. The fraction of sp³-hybridized carbons (Fsp3) is 0.353. The number of hydrogen-bond donors (Lipinski definition) is 2. The number of amides is 2. The molecule has 7 heteroatoms. The summed E-state index contributed by atoms with van der Waals surface area (Å²) in [6.07, 6.45) is 2.39. The minimum Gasteiger partial charge on any atom is -0.352 e. The third-order valence-corrected chi connectivity index (χ3v) is 3.10. The maximum atomic E-state index is 13.2. The van der Waals surface area contributed by atoms with E-state index < -0.39 is 0 Å². The predicted octanol–water partition coefficient (Wildman–Crippen LogP) is 3.69. The van der Waals surface area contributed by atoms with Crippen molar-refractivity contribution in [1.29, 1.82) is 0 Å². The molecule has 0 radical (unpaired) electrons. The molecule has 1 aromatic carbocycles. The summed E-state index contributed by atoms with van der Waals surface area (Å²) in [7, 11) is 0. The van der Waals surface area contributed by atoms with E-state index in [1.807, 2.05) is 20.8 Å². The van der Waals surface area contributed by atoms with Crippen LogP contribution in [0.1, 0.15) is 27.2 Å². The van der Waals surface area contributed by atoms with Crippen LogP contribution < -0.4 is 15.5 Å². The van der Waals surface area contributed by atoms with Crippen LogP contribution in [0.15, 0.2) is 36.5 Å². The first-order valence-corrected chi connectivity index (χ1v) is 7.94. The molecule has 0 bridgehead atoms. The summed E-state index contributed by atoms with van der Waals surface area (Å²) in [4.78, 5) is 22.5. The highest BCUT2D eigenvalue weighted by Gasteiger charge is 2.19. The molecule has 0 saturated heterocycles. The van der Waals surface area contributed by atoms with Gasteiger partial charge in [-0.1, -0.05) is 6.92 Å². The third kappa shape index (κ3) is 4.65. The predicted molar refractivity (Wildman–Crippen MR) is 93.0 cm³/mol. The summed E-state index contributed by atoms with van der Waals surface area (Å²) in [5.74, 6) is 0.476. The highest BCUT2D eigenvalue weighted by Crippen LogP contribution is 2.24. The summed E-state index contributed by atoms with van der Waals surface area (Å²) in [5, 5.41) is 5.92. The first-order chi connectivity index (χ1) is 11.5. The smallest absolute Gasteiger partial charge is 0.327 e.